The van der Waals surface area contributed by atoms with Crippen LogP contribution in [0.2, 0.25) is 0 Å². The van der Waals surface area contributed by atoms with Crippen LogP contribution in [0.3, 0.4) is 0 Å². The Hall–Kier alpha value is -1.89. The summed E-state index contributed by atoms with van der Waals surface area (Å²) in [5.41, 5.74) is 0. The summed E-state index contributed by atoms with van der Waals surface area (Å²) in [6, 6.07) is 9.68. The van der Waals surface area contributed by atoms with Gasteiger partial charge in [-0.1, -0.05) is 18.2 Å². The summed E-state index contributed by atoms with van der Waals surface area (Å²) in [4.78, 5) is 0.0780. The molecule has 0 aromatic heterocycles. The number of hydrogen-bond acceptors (Lipinski definition) is 4. The molecular formula is C12H13N3O2S. The van der Waals surface area contributed by atoms with Gasteiger partial charge in [-0.25, -0.2) is 8.42 Å². The first-order valence-corrected chi connectivity index (χ1v) is 6.77. The van der Waals surface area contributed by atoms with Crippen LogP contribution in [0.1, 0.15) is 13.8 Å². The highest BCUT2D eigenvalue weighted by Gasteiger charge is 2.33. The second-order valence-corrected chi connectivity index (χ2v) is 5.60. The molecule has 0 radical (unpaired) electrons. The minimum Gasteiger partial charge on any atom is -0.207 e. The van der Waals surface area contributed by atoms with Crippen LogP contribution in [0.25, 0.3) is 0 Å². The van der Waals surface area contributed by atoms with Crippen molar-refractivity contribution in [2.24, 2.45) is 0 Å². The maximum atomic E-state index is 12.4. The molecule has 0 aliphatic carbocycles. The average molecular weight is 263 g/mol. The van der Waals surface area contributed by atoms with Crippen LogP contribution in [0.15, 0.2) is 35.2 Å². The number of hydrogen-bond donors (Lipinski definition) is 0. The molecule has 94 valence electrons. The second kappa shape index (κ2) is 5.63. The van der Waals surface area contributed by atoms with Gasteiger partial charge < -0.3 is 0 Å². The molecule has 0 N–H and O–H groups in total. The SMILES string of the molecule is CC(C#N)N(C(C)C#N)S(=O)(=O)c1ccccc1. The first-order chi connectivity index (χ1) is 8.45. The molecule has 0 fully saturated rings. The largest absolute Gasteiger partial charge is 0.245 e. The van der Waals surface area contributed by atoms with Gasteiger partial charge in [0.25, 0.3) is 0 Å². The average Bonchev–Trinajstić information content (AvgIpc) is 2.39. The van der Waals surface area contributed by atoms with Gasteiger partial charge in [-0.15, -0.1) is 0 Å². The molecule has 0 saturated heterocycles. The predicted molar refractivity (Wildman–Crippen MR) is 65.6 cm³/mol. The number of nitriles is 2. The molecule has 1 rings (SSSR count). The zero-order valence-corrected chi connectivity index (χ0v) is 10.9. The van der Waals surface area contributed by atoms with Crippen LogP contribution in [0.5, 0.6) is 0 Å². The third-order valence-corrected chi connectivity index (χ3v) is 4.51. The fourth-order valence-electron chi connectivity index (χ4n) is 1.58. The van der Waals surface area contributed by atoms with Crippen molar-refractivity contribution in [3.05, 3.63) is 30.3 Å². The number of nitrogens with zero attached hydrogens (tertiary/aromatic N) is 3. The van der Waals surface area contributed by atoms with Gasteiger partial charge in [-0.3, -0.25) is 0 Å². The third kappa shape index (κ3) is 2.67. The van der Waals surface area contributed by atoms with Crippen LogP contribution in [-0.2, 0) is 10.0 Å². The van der Waals surface area contributed by atoms with E-state index in [1.807, 2.05) is 12.1 Å². The zero-order chi connectivity index (χ0) is 13.8. The molecule has 0 amide bonds. The van der Waals surface area contributed by atoms with Crippen molar-refractivity contribution in [1.82, 2.24) is 4.31 Å². The lowest BCUT2D eigenvalue weighted by atomic mass is 10.3. The van der Waals surface area contributed by atoms with Crippen LogP contribution < -0.4 is 0 Å². The number of sulfonamides is 1. The first-order valence-electron chi connectivity index (χ1n) is 5.33. The lowest BCUT2D eigenvalue weighted by Crippen LogP contribution is -2.43. The molecule has 1 aromatic carbocycles. The van der Waals surface area contributed by atoms with Gasteiger partial charge in [0.1, 0.15) is 12.1 Å². The quantitative estimate of drug-likeness (QED) is 0.823. The van der Waals surface area contributed by atoms with Crippen molar-refractivity contribution < 1.29 is 8.42 Å². The summed E-state index contributed by atoms with van der Waals surface area (Å²) >= 11 is 0. The standard InChI is InChI=1S/C12H13N3O2S/c1-10(8-13)15(11(2)9-14)18(16,17)12-6-4-3-5-7-12/h3-7,10-11H,1-2H3. The number of benzene rings is 1. The highest BCUT2D eigenvalue weighted by atomic mass is 32.2. The molecular weight excluding hydrogens is 250 g/mol. The molecule has 0 bridgehead atoms. The molecule has 5 nitrogen and oxygen atoms in total. The van der Waals surface area contributed by atoms with E-state index in [9.17, 15) is 8.42 Å². The van der Waals surface area contributed by atoms with Crippen LogP contribution in [-0.4, -0.2) is 24.8 Å². The normalized spacial score (nSPS) is 14.5. The Bertz CT molecular complexity index is 564. The van der Waals surface area contributed by atoms with Crippen molar-refractivity contribution in [3.8, 4) is 12.1 Å². The third-order valence-electron chi connectivity index (χ3n) is 2.46. The van der Waals surface area contributed by atoms with Crippen molar-refractivity contribution in [1.29, 1.82) is 10.5 Å². The predicted octanol–water partition coefficient (Wildman–Crippen LogP) is 1.50. The second-order valence-electron chi connectivity index (χ2n) is 3.76. The van der Waals surface area contributed by atoms with E-state index >= 15 is 0 Å². The minimum absolute atomic E-state index is 0.0780. The number of rotatable bonds is 4. The lowest BCUT2D eigenvalue weighted by molar-refractivity contribution is 0.354. The van der Waals surface area contributed by atoms with E-state index in [-0.39, 0.29) is 4.90 Å². The minimum atomic E-state index is -3.84. The fourth-order valence-corrected chi connectivity index (χ4v) is 3.25. The van der Waals surface area contributed by atoms with Crippen molar-refractivity contribution in [3.63, 3.8) is 0 Å². The van der Waals surface area contributed by atoms with E-state index in [4.69, 9.17) is 10.5 Å². The van der Waals surface area contributed by atoms with Crippen molar-refractivity contribution >= 4 is 10.0 Å². The lowest BCUT2D eigenvalue weighted by Gasteiger charge is -2.26. The molecule has 2 unspecified atom stereocenters. The van der Waals surface area contributed by atoms with Gasteiger partial charge in [0.15, 0.2) is 0 Å². The highest BCUT2D eigenvalue weighted by molar-refractivity contribution is 7.89. The molecule has 0 heterocycles. The van der Waals surface area contributed by atoms with Gasteiger partial charge in [0.05, 0.1) is 17.0 Å². The van der Waals surface area contributed by atoms with E-state index in [0.29, 0.717) is 0 Å². The first kappa shape index (κ1) is 14.2. The Morgan fingerprint density at radius 3 is 1.89 bits per heavy atom. The molecule has 18 heavy (non-hydrogen) atoms. The molecule has 1 aromatic rings. The van der Waals surface area contributed by atoms with E-state index in [0.717, 1.165) is 4.31 Å². The van der Waals surface area contributed by atoms with Crippen LogP contribution in [0.4, 0.5) is 0 Å². The molecule has 0 saturated carbocycles. The van der Waals surface area contributed by atoms with Gasteiger partial charge >= 0.3 is 0 Å². The molecule has 0 aliphatic heterocycles. The Labute approximate surface area is 107 Å². The Kier molecular flexibility index (Phi) is 4.43. The Balaban J connectivity index is 3.31. The topological polar surface area (TPSA) is 85.0 Å². The summed E-state index contributed by atoms with van der Waals surface area (Å²) in [7, 11) is -3.84. The maximum absolute atomic E-state index is 12.4. The highest BCUT2D eigenvalue weighted by Crippen LogP contribution is 2.20. The Morgan fingerprint density at radius 2 is 1.50 bits per heavy atom. The monoisotopic (exact) mass is 263 g/mol. The van der Waals surface area contributed by atoms with Crippen LogP contribution in [0, 0.1) is 22.7 Å². The molecule has 0 aliphatic rings. The van der Waals surface area contributed by atoms with Gasteiger partial charge in [-0.2, -0.15) is 14.8 Å². The summed E-state index contributed by atoms with van der Waals surface area (Å²) < 4.78 is 25.6. The van der Waals surface area contributed by atoms with Crippen molar-refractivity contribution in [2.75, 3.05) is 0 Å². The van der Waals surface area contributed by atoms with E-state index in [1.165, 1.54) is 26.0 Å². The summed E-state index contributed by atoms with van der Waals surface area (Å²) in [6.07, 6.45) is 0. The summed E-state index contributed by atoms with van der Waals surface area (Å²) in [5.74, 6) is 0. The molecule has 6 heteroatoms. The smallest absolute Gasteiger partial charge is 0.207 e. The Morgan fingerprint density at radius 1 is 1.06 bits per heavy atom. The van der Waals surface area contributed by atoms with Gasteiger partial charge in [0.2, 0.25) is 10.0 Å². The van der Waals surface area contributed by atoms with Gasteiger partial charge in [-0.05, 0) is 26.0 Å². The van der Waals surface area contributed by atoms with Gasteiger partial charge in [0, 0.05) is 0 Å². The molecule has 2 atom stereocenters. The van der Waals surface area contributed by atoms with Crippen LogP contribution >= 0.6 is 0 Å². The maximum Gasteiger partial charge on any atom is 0.245 e. The molecule has 0 spiro atoms. The van der Waals surface area contributed by atoms with Crippen molar-refractivity contribution in [2.45, 2.75) is 30.8 Å². The van der Waals surface area contributed by atoms with E-state index in [2.05, 4.69) is 0 Å². The fraction of sp³-hybridized carbons (Fsp3) is 0.333. The summed E-state index contributed by atoms with van der Waals surface area (Å²) in [5, 5.41) is 17.8. The van der Waals surface area contributed by atoms with E-state index in [1.54, 1.807) is 18.2 Å². The van der Waals surface area contributed by atoms with E-state index < -0.39 is 22.1 Å². The zero-order valence-electron chi connectivity index (χ0n) is 10.1. The summed E-state index contributed by atoms with van der Waals surface area (Å²) in [6.45, 7) is 2.91.